The van der Waals surface area contributed by atoms with E-state index in [9.17, 15) is 13.2 Å². The molecule has 3 rings (SSSR count). The van der Waals surface area contributed by atoms with Crippen LogP contribution in [0.15, 0.2) is 0 Å². The number of sulfone groups is 1. The Morgan fingerprint density at radius 3 is 2.08 bits per heavy atom. The molecular weight excluding hydrogens is 397 g/mol. The van der Waals surface area contributed by atoms with Gasteiger partial charge in [0.1, 0.15) is 0 Å². The molecule has 6 nitrogen and oxygen atoms in total. The van der Waals surface area contributed by atoms with Gasteiger partial charge in [-0.05, 0) is 70.6 Å². The Hall–Kier alpha value is -0.0800. The molecule has 1 amide bonds. The second-order valence-electron chi connectivity index (χ2n) is 7.76. The summed E-state index contributed by atoms with van der Waals surface area (Å²) < 4.78 is 23.6. The molecule has 26 heavy (non-hydrogen) atoms. The third-order valence-corrected chi connectivity index (χ3v) is 8.13. The Labute approximate surface area is 170 Å². The number of carbonyl (C=O) groups excluding carboxylic acids is 1. The van der Waals surface area contributed by atoms with Gasteiger partial charge in [0.2, 0.25) is 5.91 Å². The molecule has 3 aliphatic heterocycles. The molecular formula is C17H33Cl2N3O3S. The fourth-order valence-electron chi connectivity index (χ4n) is 4.51. The standard InChI is InChI=1S/C17H31N3O3S.2ClH/c1-24(22,23)17(6-8-18-9-7-17)16(21)20-12-4-15(5-13-20)14-19-10-2-3-11-19;;/h15,18H,2-14H2,1H3;2*1H. The predicted octanol–water partition coefficient (Wildman–Crippen LogP) is 1.33. The molecule has 0 aromatic rings. The largest absolute Gasteiger partial charge is 0.341 e. The van der Waals surface area contributed by atoms with E-state index in [0.29, 0.717) is 44.9 Å². The molecule has 9 heteroatoms. The Balaban J connectivity index is 0.00000169. The summed E-state index contributed by atoms with van der Waals surface area (Å²) >= 11 is 0. The zero-order chi connectivity index (χ0) is 17.2. The summed E-state index contributed by atoms with van der Waals surface area (Å²) in [5.41, 5.74) is 0. The normalized spacial score (nSPS) is 24.6. The van der Waals surface area contributed by atoms with E-state index in [1.165, 1.54) is 32.2 Å². The topological polar surface area (TPSA) is 69.7 Å². The summed E-state index contributed by atoms with van der Waals surface area (Å²) in [6.07, 6.45) is 6.65. The van der Waals surface area contributed by atoms with Crippen LogP contribution in [0.25, 0.3) is 0 Å². The summed E-state index contributed by atoms with van der Waals surface area (Å²) in [5.74, 6) is 0.500. The smallest absolute Gasteiger partial charge is 0.244 e. The van der Waals surface area contributed by atoms with Crippen LogP contribution in [0, 0.1) is 5.92 Å². The highest BCUT2D eigenvalue weighted by atomic mass is 35.5. The van der Waals surface area contributed by atoms with Gasteiger partial charge in [-0.3, -0.25) is 4.79 Å². The number of amides is 1. The van der Waals surface area contributed by atoms with Crippen LogP contribution in [0.2, 0.25) is 0 Å². The molecule has 0 spiro atoms. The van der Waals surface area contributed by atoms with E-state index in [-0.39, 0.29) is 30.7 Å². The molecule has 0 bridgehead atoms. The van der Waals surface area contributed by atoms with E-state index < -0.39 is 14.6 Å². The van der Waals surface area contributed by atoms with Gasteiger partial charge in [-0.2, -0.15) is 0 Å². The van der Waals surface area contributed by atoms with Crippen molar-refractivity contribution in [3.63, 3.8) is 0 Å². The average Bonchev–Trinajstić information content (AvgIpc) is 3.07. The van der Waals surface area contributed by atoms with E-state index in [1.807, 2.05) is 4.90 Å². The fraction of sp³-hybridized carbons (Fsp3) is 0.941. The number of piperidine rings is 2. The van der Waals surface area contributed by atoms with Crippen LogP contribution >= 0.6 is 24.8 Å². The summed E-state index contributed by atoms with van der Waals surface area (Å²) in [4.78, 5) is 17.4. The predicted molar refractivity (Wildman–Crippen MR) is 109 cm³/mol. The number of carbonyl (C=O) groups is 1. The van der Waals surface area contributed by atoms with Crippen molar-refractivity contribution < 1.29 is 13.2 Å². The van der Waals surface area contributed by atoms with Crippen LogP contribution in [0.3, 0.4) is 0 Å². The molecule has 0 aliphatic carbocycles. The van der Waals surface area contributed by atoms with Gasteiger partial charge in [0.15, 0.2) is 14.6 Å². The molecule has 3 saturated heterocycles. The lowest BCUT2D eigenvalue weighted by Gasteiger charge is -2.41. The number of hydrogen-bond donors (Lipinski definition) is 1. The van der Waals surface area contributed by atoms with Crippen molar-refractivity contribution in [2.45, 2.75) is 43.3 Å². The van der Waals surface area contributed by atoms with Gasteiger partial charge in [-0.1, -0.05) is 0 Å². The van der Waals surface area contributed by atoms with Crippen LogP contribution in [-0.2, 0) is 14.6 Å². The second-order valence-corrected chi connectivity index (χ2v) is 10.1. The Morgan fingerprint density at radius 2 is 1.58 bits per heavy atom. The molecule has 0 saturated carbocycles. The minimum absolute atomic E-state index is 0. The molecule has 154 valence electrons. The van der Waals surface area contributed by atoms with Crippen LogP contribution in [-0.4, -0.2) is 80.9 Å². The highest BCUT2D eigenvalue weighted by molar-refractivity contribution is 7.92. The van der Waals surface area contributed by atoms with Crippen LogP contribution in [0.4, 0.5) is 0 Å². The second kappa shape index (κ2) is 9.92. The van der Waals surface area contributed by atoms with E-state index in [2.05, 4.69) is 10.2 Å². The van der Waals surface area contributed by atoms with Crippen molar-refractivity contribution in [1.29, 1.82) is 0 Å². The molecule has 0 aromatic heterocycles. The average molecular weight is 430 g/mol. The van der Waals surface area contributed by atoms with Gasteiger partial charge in [0.25, 0.3) is 0 Å². The molecule has 3 aliphatic rings. The van der Waals surface area contributed by atoms with E-state index in [4.69, 9.17) is 0 Å². The van der Waals surface area contributed by atoms with E-state index in [1.54, 1.807) is 0 Å². The zero-order valence-electron chi connectivity index (χ0n) is 15.6. The summed E-state index contributed by atoms with van der Waals surface area (Å²) in [7, 11) is -3.41. The third-order valence-electron chi connectivity index (χ3n) is 6.13. The molecule has 1 N–H and O–H groups in total. The SMILES string of the molecule is CS(=O)(=O)C1(C(=O)N2CCC(CN3CCCC3)CC2)CCNCC1.Cl.Cl. The zero-order valence-corrected chi connectivity index (χ0v) is 18.1. The monoisotopic (exact) mass is 429 g/mol. The fourth-order valence-corrected chi connectivity index (χ4v) is 5.90. The van der Waals surface area contributed by atoms with Crippen molar-refractivity contribution in [2.24, 2.45) is 5.92 Å². The maximum absolute atomic E-state index is 13.1. The summed E-state index contributed by atoms with van der Waals surface area (Å²) in [6.45, 7) is 6.19. The Bertz CT molecular complexity index is 554. The Kier molecular flexibility index (Phi) is 9.14. The van der Waals surface area contributed by atoms with Gasteiger partial charge in [0, 0.05) is 25.9 Å². The number of hydrogen-bond acceptors (Lipinski definition) is 5. The van der Waals surface area contributed by atoms with Gasteiger partial charge < -0.3 is 15.1 Å². The minimum atomic E-state index is -3.41. The lowest BCUT2D eigenvalue weighted by molar-refractivity contribution is -0.136. The van der Waals surface area contributed by atoms with Gasteiger partial charge in [-0.15, -0.1) is 24.8 Å². The molecule has 0 aromatic carbocycles. The quantitative estimate of drug-likeness (QED) is 0.729. The minimum Gasteiger partial charge on any atom is -0.341 e. The summed E-state index contributed by atoms with van der Waals surface area (Å²) in [5, 5.41) is 3.18. The summed E-state index contributed by atoms with van der Waals surface area (Å²) in [6, 6.07) is 0. The lowest BCUT2D eigenvalue weighted by Crippen LogP contribution is -2.59. The van der Waals surface area contributed by atoms with Crippen molar-refractivity contribution in [1.82, 2.24) is 15.1 Å². The molecule has 3 fully saturated rings. The number of halogens is 2. The number of nitrogens with one attached hydrogen (secondary N) is 1. The number of rotatable bonds is 4. The van der Waals surface area contributed by atoms with Crippen LogP contribution in [0.5, 0.6) is 0 Å². The van der Waals surface area contributed by atoms with Crippen LogP contribution in [0.1, 0.15) is 38.5 Å². The van der Waals surface area contributed by atoms with Gasteiger partial charge in [-0.25, -0.2) is 8.42 Å². The number of likely N-dealkylation sites (tertiary alicyclic amines) is 2. The van der Waals surface area contributed by atoms with Crippen molar-refractivity contribution in [3.8, 4) is 0 Å². The van der Waals surface area contributed by atoms with Crippen molar-refractivity contribution in [3.05, 3.63) is 0 Å². The molecule has 3 heterocycles. The van der Waals surface area contributed by atoms with Crippen LogP contribution < -0.4 is 5.32 Å². The highest BCUT2D eigenvalue weighted by Gasteiger charge is 2.50. The first-order chi connectivity index (χ1) is 11.4. The third kappa shape index (κ3) is 5.04. The van der Waals surface area contributed by atoms with E-state index in [0.717, 1.165) is 19.4 Å². The van der Waals surface area contributed by atoms with E-state index >= 15 is 0 Å². The first kappa shape index (κ1) is 24.0. The first-order valence-corrected chi connectivity index (χ1v) is 11.2. The highest BCUT2D eigenvalue weighted by Crippen LogP contribution is 2.32. The number of nitrogens with zero attached hydrogens (tertiary/aromatic N) is 2. The van der Waals surface area contributed by atoms with Crippen molar-refractivity contribution in [2.75, 3.05) is 52.1 Å². The maximum atomic E-state index is 13.1. The Morgan fingerprint density at radius 1 is 1.04 bits per heavy atom. The van der Waals surface area contributed by atoms with Gasteiger partial charge in [0.05, 0.1) is 0 Å². The first-order valence-electron chi connectivity index (χ1n) is 9.34. The molecule has 0 unspecified atom stereocenters. The molecule has 0 atom stereocenters. The molecule has 0 radical (unpaired) electrons. The lowest BCUT2D eigenvalue weighted by atomic mass is 9.91. The van der Waals surface area contributed by atoms with Gasteiger partial charge >= 0.3 is 0 Å². The maximum Gasteiger partial charge on any atom is 0.244 e. The van der Waals surface area contributed by atoms with Crippen molar-refractivity contribution >= 4 is 40.6 Å².